The summed E-state index contributed by atoms with van der Waals surface area (Å²) in [6.45, 7) is 0.435. The number of halogens is 2. The highest BCUT2D eigenvalue weighted by molar-refractivity contribution is 6.36. The summed E-state index contributed by atoms with van der Waals surface area (Å²) < 4.78 is 17.8. The number of fused-ring (bicyclic) bond motifs is 1. The molecule has 0 bridgehead atoms. The molecule has 0 radical (unpaired) electrons. The van der Waals surface area contributed by atoms with Gasteiger partial charge in [0.05, 0.1) is 22.7 Å². The zero-order valence-corrected chi connectivity index (χ0v) is 16.4. The van der Waals surface area contributed by atoms with Crippen LogP contribution in [0.3, 0.4) is 0 Å². The normalized spacial score (nSPS) is 17.1. The molecule has 1 aliphatic heterocycles. The standard InChI is InChI=1S/C20H19Cl2NO4/c1-25-17-5-4-12(16(24)8-13-14(21)9-23-10-15(13)22)18-19(17)27-20(11-26-18)6-2-3-7-20/h4-5,9-10H,2-3,6-8,11H2,1H3. The third-order valence-electron chi connectivity index (χ3n) is 5.20. The van der Waals surface area contributed by atoms with E-state index in [4.69, 9.17) is 37.4 Å². The average Bonchev–Trinajstić information content (AvgIpc) is 3.11. The fourth-order valence-electron chi connectivity index (χ4n) is 3.74. The Hall–Kier alpha value is -1.98. The van der Waals surface area contributed by atoms with Crippen LogP contribution in [0.2, 0.25) is 10.0 Å². The van der Waals surface area contributed by atoms with E-state index >= 15 is 0 Å². The molecule has 2 heterocycles. The minimum atomic E-state index is -0.320. The summed E-state index contributed by atoms with van der Waals surface area (Å²) in [6.07, 6.45) is 7.10. The molecule has 27 heavy (non-hydrogen) atoms. The first-order valence-electron chi connectivity index (χ1n) is 8.87. The van der Waals surface area contributed by atoms with Gasteiger partial charge in [0.25, 0.3) is 0 Å². The monoisotopic (exact) mass is 407 g/mol. The van der Waals surface area contributed by atoms with Crippen molar-refractivity contribution in [2.24, 2.45) is 0 Å². The van der Waals surface area contributed by atoms with E-state index < -0.39 is 0 Å². The van der Waals surface area contributed by atoms with E-state index in [0.717, 1.165) is 25.7 Å². The summed E-state index contributed by atoms with van der Waals surface area (Å²) in [5.41, 5.74) is 0.661. The van der Waals surface area contributed by atoms with E-state index in [2.05, 4.69) is 4.98 Å². The topological polar surface area (TPSA) is 57.7 Å². The maximum Gasteiger partial charge on any atom is 0.205 e. The lowest BCUT2D eigenvalue weighted by atomic mass is 9.98. The minimum Gasteiger partial charge on any atom is -0.493 e. The number of hydrogen-bond donors (Lipinski definition) is 0. The summed E-state index contributed by atoms with van der Waals surface area (Å²) in [5, 5.41) is 0.723. The molecule has 2 aliphatic rings. The number of benzene rings is 1. The smallest absolute Gasteiger partial charge is 0.205 e. The highest BCUT2D eigenvalue weighted by atomic mass is 35.5. The number of Topliss-reactive ketones (excluding diaryl/α,β-unsaturated/α-hetero) is 1. The van der Waals surface area contributed by atoms with Gasteiger partial charge in [-0.05, 0) is 37.8 Å². The molecule has 5 nitrogen and oxygen atoms in total. The summed E-state index contributed by atoms with van der Waals surface area (Å²) in [5.74, 6) is 1.34. The van der Waals surface area contributed by atoms with E-state index in [0.29, 0.717) is 45.0 Å². The molecule has 0 unspecified atom stereocenters. The van der Waals surface area contributed by atoms with Crippen molar-refractivity contribution in [2.45, 2.75) is 37.7 Å². The lowest BCUT2D eigenvalue weighted by Gasteiger charge is -2.36. The predicted molar refractivity (Wildman–Crippen MR) is 103 cm³/mol. The Labute approximate surface area is 167 Å². The van der Waals surface area contributed by atoms with E-state index in [-0.39, 0.29) is 17.8 Å². The van der Waals surface area contributed by atoms with Crippen molar-refractivity contribution in [3.05, 3.63) is 45.7 Å². The largest absolute Gasteiger partial charge is 0.493 e. The number of methoxy groups -OCH3 is 1. The summed E-state index contributed by atoms with van der Waals surface area (Å²) >= 11 is 12.3. The molecule has 1 spiro atoms. The van der Waals surface area contributed by atoms with Crippen LogP contribution in [0, 0.1) is 0 Å². The number of aromatic nitrogens is 1. The maximum absolute atomic E-state index is 13.0. The van der Waals surface area contributed by atoms with Gasteiger partial charge in [-0.3, -0.25) is 9.78 Å². The second-order valence-electron chi connectivity index (χ2n) is 6.94. The van der Waals surface area contributed by atoms with E-state index in [1.807, 2.05) is 0 Å². The van der Waals surface area contributed by atoms with Crippen LogP contribution < -0.4 is 14.2 Å². The Morgan fingerprint density at radius 2 is 1.89 bits per heavy atom. The third-order valence-corrected chi connectivity index (χ3v) is 5.85. The predicted octanol–water partition coefficient (Wildman–Crippen LogP) is 4.91. The Kier molecular flexibility index (Phi) is 4.91. The Bertz CT molecular complexity index is 874. The summed E-state index contributed by atoms with van der Waals surface area (Å²) in [7, 11) is 1.58. The maximum atomic E-state index is 13.0. The second-order valence-corrected chi connectivity index (χ2v) is 7.75. The number of hydrogen-bond acceptors (Lipinski definition) is 5. The number of carbonyl (C=O) groups excluding carboxylic acids is 1. The highest BCUT2D eigenvalue weighted by Crippen LogP contribution is 2.49. The minimum absolute atomic E-state index is 0.0491. The van der Waals surface area contributed by atoms with Crippen LogP contribution in [0.1, 0.15) is 41.6 Å². The molecule has 4 rings (SSSR count). The van der Waals surface area contributed by atoms with Gasteiger partial charge in [0, 0.05) is 24.4 Å². The number of ketones is 1. The van der Waals surface area contributed by atoms with Crippen LogP contribution in [0.4, 0.5) is 0 Å². The van der Waals surface area contributed by atoms with Crippen molar-refractivity contribution in [1.82, 2.24) is 4.98 Å². The lowest BCUT2D eigenvalue weighted by molar-refractivity contribution is -0.00583. The van der Waals surface area contributed by atoms with Crippen molar-refractivity contribution < 1.29 is 19.0 Å². The van der Waals surface area contributed by atoms with Gasteiger partial charge in [0.15, 0.2) is 17.3 Å². The van der Waals surface area contributed by atoms with E-state index in [9.17, 15) is 4.79 Å². The van der Waals surface area contributed by atoms with Gasteiger partial charge < -0.3 is 14.2 Å². The molecule has 0 amide bonds. The molecule has 142 valence electrons. The van der Waals surface area contributed by atoms with Crippen molar-refractivity contribution >= 4 is 29.0 Å². The number of ether oxygens (including phenoxy) is 3. The van der Waals surface area contributed by atoms with Gasteiger partial charge in [-0.25, -0.2) is 0 Å². The molecule has 1 aromatic carbocycles. The van der Waals surface area contributed by atoms with Crippen LogP contribution in [-0.2, 0) is 6.42 Å². The zero-order chi connectivity index (χ0) is 19.0. The third kappa shape index (κ3) is 3.34. The van der Waals surface area contributed by atoms with E-state index in [1.54, 1.807) is 19.2 Å². The van der Waals surface area contributed by atoms with Gasteiger partial charge in [0.2, 0.25) is 5.75 Å². The number of nitrogens with zero attached hydrogens (tertiary/aromatic N) is 1. The second kappa shape index (κ2) is 7.21. The molecule has 0 N–H and O–H groups in total. The summed E-state index contributed by atoms with van der Waals surface area (Å²) in [6, 6.07) is 3.43. The lowest BCUT2D eigenvalue weighted by Crippen LogP contribution is -2.42. The van der Waals surface area contributed by atoms with Crippen LogP contribution in [0.5, 0.6) is 17.2 Å². The molecule has 0 saturated heterocycles. The van der Waals surface area contributed by atoms with Gasteiger partial charge in [-0.2, -0.15) is 0 Å². The van der Waals surface area contributed by atoms with Crippen LogP contribution in [0.25, 0.3) is 0 Å². The van der Waals surface area contributed by atoms with Gasteiger partial charge >= 0.3 is 0 Å². The molecule has 1 aliphatic carbocycles. The molecule has 1 fully saturated rings. The summed E-state index contributed by atoms with van der Waals surface area (Å²) in [4.78, 5) is 16.9. The van der Waals surface area contributed by atoms with Crippen LogP contribution >= 0.6 is 23.2 Å². The van der Waals surface area contributed by atoms with Crippen molar-refractivity contribution in [3.8, 4) is 17.2 Å². The fourth-order valence-corrected chi connectivity index (χ4v) is 4.24. The fraction of sp³-hybridized carbons (Fsp3) is 0.400. The van der Waals surface area contributed by atoms with E-state index in [1.165, 1.54) is 12.4 Å². The number of pyridine rings is 1. The quantitative estimate of drug-likeness (QED) is 0.674. The number of carbonyl (C=O) groups is 1. The number of rotatable bonds is 4. The van der Waals surface area contributed by atoms with Crippen LogP contribution in [-0.4, -0.2) is 30.1 Å². The first-order valence-corrected chi connectivity index (χ1v) is 9.62. The first-order chi connectivity index (χ1) is 13.0. The zero-order valence-electron chi connectivity index (χ0n) is 14.9. The van der Waals surface area contributed by atoms with Gasteiger partial charge in [-0.15, -0.1) is 0 Å². The Morgan fingerprint density at radius 3 is 2.56 bits per heavy atom. The molecule has 1 saturated carbocycles. The molecular weight excluding hydrogens is 389 g/mol. The SMILES string of the molecule is COc1ccc(C(=O)Cc2c(Cl)cncc2Cl)c2c1OC1(CCCC1)CO2. The highest BCUT2D eigenvalue weighted by Gasteiger charge is 2.42. The van der Waals surface area contributed by atoms with Crippen molar-refractivity contribution in [2.75, 3.05) is 13.7 Å². The van der Waals surface area contributed by atoms with Crippen molar-refractivity contribution in [1.29, 1.82) is 0 Å². The molecule has 1 aromatic heterocycles. The van der Waals surface area contributed by atoms with Gasteiger partial charge in [0.1, 0.15) is 12.2 Å². The van der Waals surface area contributed by atoms with Crippen molar-refractivity contribution in [3.63, 3.8) is 0 Å². The molecule has 7 heteroatoms. The van der Waals surface area contributed by atoms with Gasteiger partial charge in [-0.1, -0.05) is 23.2 Å². The van der Waals surface area contributed by atoms with Crippen LogP contribution in [0.15, 0.2) is 24.5 Å². The molecular formula is C20H19Cl2NO4. The average molecular weight is 408 g/mol. The Morgan fingerprint density at radius 1 is 1.19 bits per heavy atom. The Balaban J connectivity index is 1.69. The molecule has 0 atom stereocenters. The molecule has 2 aromatic rings. The first kappa shape index (κ1) is 18.4.